The smallest absolute Gasteiger partial charge is 0.253 e. The zero-order valence-corrected chi connectivity index (χ0v) is 14.6. The van der Waals surface area contributed by atoms with Crippen LogP contribution in [0.5, 0.6) is 5.75 Å². The maximum Gasteiger partial charge on any atom is 0.253 e. The summed E-state index contributed by atoms with van der Waals surface area (Å²) < 4.78 is 0. The molecule has 1 aromatic rings. The number of nitrogens with zero attached hydrogens (tertiary/aromatic N) is 2. The quantitative estimate of drug-likeness (QED) is 0.871. The van der Waals surface area contributed by atoms with E-state index in [9.17, 15) is 19.8 Å². The number of β-amino-alcohol motifs (C(OH)–C–C–N with tert-alkyl or cyclic N) is 1. The van der Waals surface area contributed by atoms with Gasteiger partial charge in [-0.1, -0.05) is 0 Å². The van der Waals surface area contributed by atoms with Crippen LogP contribution in [-0.4, -0.2) is 64.1 Å². The number of amides is 2. The standard InChI is InChI=1S/C19H26N2O4/c1-14(22)12-21-13-19(7-6-17(21)24)8-10-20(11-9-19)18(25)15-2-4-16(23)5-3-15/h2-5,14,22-23H,6-13H2,1H3/t14-/m1/s1. The largest absolute Gasteiger partial charge is 0.508 e. The molecule has 2 fully saturated rings. The van der Waals surface area contributed by atoms with Crippen LogP contribution in [0.3, 0.4) is 0 Å². The van der Waals surface area contributed by atoms with E-state index < -0.39 is 6.10 Å². The summed E-state index contributed by atoms with van der Waals surface area (Å²) in [5, 5.41) is 19.0. The number of carbonyl (C=O) groups excluding carboxylic acids is 2. The summed E-state index contributed by atoms with van der Waals surface area (Å²) >= 11 is 0. The van der Waals surface area contributed by atoms with Crippen molar-refractivity contribution in [1.82, 2.24) is 9.80 Å². The molecule has 6 nitrogen and oxygen atoms in total. The molecule has 0 aliphatic carbocycles. The van der Waals surface area contributed by atoms with Gasteiger partial charge in [0.2, 0.25) is 5.91 Å². The summed E-state index contributed by atoms with van der Waals surface area (Å²) in [6, 6.07) is 6.34. The van der Waals surface area contributed by atoms with Gasteiger partial charge in [0.05, 0.1) is 6.10 Å². The van der Waals surface area contributed by atoms with Gasteiger partial charge < -0.3 is 20.0 Å². The fourth-order valence-corrected chi connectivity index (χ4v) is 3.97. The lowest BCUT2D eigenvalue weighted by molar-refractivity contribution is -0.140. The Hall–Kier alpha value is -2.08. The first-order chi connectivity index (χ1) is 11.9. The molecule has 25 heavy (non-hydrogen) atoms. The molecule has 136 valence electrons. The van der Waals surface area contributed by atoms with Crippen molar-refractivity contribution in [3.8, 4) is 5.75 Å². The lowest BCUT2D eigenvalue weighted by Crippen LogP contribution is -2.53. The number of piperidine rings is 2. The second-order valence-corrected chi connectivity index (χ2v) is 7.46. The molecule has 0 saturated carbocycles. The van der Waals surface area contributed by atoms with E-state index in [0.717, 1.165) is 19.3 Å². The van der Waals surface area contributed by atoms with Crippen LogP contribution in [0.2, 0.25) is 0 Å². The third-order valence-corrected chi connectivity index (χ3v) is 5.46. The van der Waals surface area contributed by atoms with E-state index in [1.54, 1.807) is 24.0 Å². The Morgan fingerprint density at radius 2 is 1.84 bits per heavy atom. The highest BCUT2D eigenvalue weighted by Crippen LogP contribution is 2.40. The Kier molecular flexibility index (Phi) is 4.99. The van der Waals surface area contributed by atoms with Crippen molar-refractivity contribution in [2.45, 2.75) is 38.7 Å². The molecule has 2 N–H and O–H groups in total. The highest BCUT2D eigenvalue weighted by atomic mass is 16.3. The molecular weight excluding hydrogens is 320 g/mol. The average Bonchev–Trinajstić information content (AvgIpc) is 2.59. The fraction of sp³-hybridized carbons (Fsp3) is 0.579. The summed E-state index contributed by atoms with van der Waals surface area (Å²) in [5.74, 6) is 0.260. The molecule has 2 aliphatic heterocycles. The minimum absolute atomic E-state index is 0.0115. The molecule has 1 spiro atoms. The van der Waals surface area contributed by atoms with Crippen LogP contribution in [0, 0.1) is 5.41 Å². The molecule has 1 atom stereocenters. The summed E-state index contributed by atoms with van der Waals surface area (Å²) in [5.41, 5.74) is 0.650. The number of rotatable bonds is 3. The zero-order chi connectivity index (χ0) is 18.0. The summed E-state index contributed by atoms with van der Waals surface area (Å²) in [4.78, 5) is 28.3. The Bertz CT molecular complexity index is 633. The molecule has 3 rings (SSSR count). The maximum absolute atomic E-state index is 12.6. The van der Waals surface area contributed by atoms with Gasteiger partial charge in [0, 0.05) is 38.2 Å². The third kappa shape index (κ3) is 3.95. The van der Waals surface area contributed by atoms with E-state index in [0.29, 0.717) is 38.2 Å². The number of likely N-dealkylation sites (tertiary alicyclic amines) is 2. The summed E-state index contributed by atoms with van der Waals surface area (Å²) in [6.07, 6.45) is 2.62. The van der Waals surface area contributed by atoms with E-state index in [2.05, 4.69) is 0 Å². The molecule has 6 heteroatoms. The predicted octanol–water partition coefficient (Wildman–Crippen LogP) is 1.62. The Morgan fingerprint density at radius 1 is 1.20 bits per heavy atom. The molecule has 0 unspecified atom stereocenters. The minimum Gasteiger partial charge on any atom is -0.508 e. The molecule has 2 aliphatic rings. The highest BCUT2D eigenvalue weighted by molar-refractivity contribution is 5.94. The van der Waals surface area contributed by atoms with Crippen LogP contribution >= 0.6 is 0 Å². The van der Waals surface area contributed by atoms with Crippen molar-refractivity contribution in [2.75, 3.05) is 26.2 Å². The van der Waals surface area contributed by atoms with Crippen LogP contribution in [0.15, 0.2) is 24.3 Å². The number of aliphatic hydroxyl groups is 1. The average molecular weight is 346 g/mol. The lowest BCUT2D eigenvalue weighted by Gasteiger charge is -2.47. The van der Waals surface area contributed by atoms with Crippen molar-refractivity contribution in [2.24, 2.45) is 5.41 Å². The van der Waals surface area contributed by atoms with Crippen LogP contribution in [0.4, 0.5) is 0 Å². The molecule has 0 aromatic heterocycles. The highest BCUT2D eigenvalue weighted by Gasteiger charge is 2.41. The molecular formula is C19H26N2O4. The van der Waals surface area contributed by atoms with Crippen LogP contribution in [0.1, 0.15) is 43.0 Å². The molecule has 1 aromatic carbocycles. The second kappa shape index (κ2) is 7.04. The monoisotopic (exact) mass is 346 g/mol. The third-order valence-electron chi connectivity index (χ3n) is 5.46. The van der Waals surface area contributed by atoms with E-state index >= 15 is 0 Å². The molecule has 0 radical (unpaired) electrons. The number of hydrogen-bond acceptors (Lipinski definition) is 4. The predicted molar refractivity (Wildman–Crippen MR) is 93.2 cm³/mol. The number of aromatic hydroxyl groups is 1. The summed E-state index contributed by atoms with van der Waals surface area (Å²) in [7, 11) is 0. The van der Waals surface area contributed by atoms with Crippen molar-refractivity contribution in [3.63, 3.8) is 0 Å². The normalized spacial score (nSPS) is 21.4. The number of benzene rings is 1. The van der Waals surface area contributed by atoms with Crippen molar-refractivity contribution < 1.29 is 19.8 Å². The number of aliphatic hydroxyl groups excluding tert-OH is 1. The first-order valence-electron chi connectivity index (χ1n) is 8.93. The van der Waals surface area contributed by atoms with Gasteiger partial charge in [0.15, 0.2) is 0 Å². The van der Waals surface area contributed by atoms with Gasteiger partial charge in [0.25, 0.3) is 5.91 Å². The van der Waals surface area contributed by atoms with Gasteiger partial charge >= 0.3 is 0 Å². The van der Waals surface area contributed by atoms with Crippen molar-refractivity contribution in [1.29, 1.82) is 0 Å². The van der Waals surface area contributed by atoms with Crippen molar-refractivity contribution in [3.05, 3.63) is 29.8 Å². The first kappa shape index (κ1) is 17.7. The van der Waals surface area contributed by atoms with E-state index in [-0.39, 0.29) is 23.0 Å². The Balaban J connectivity index is 1.61. The first-order valence-corrected chi connectivity index (χ1v) is 8.93. The van der Waals surface area contributed by atoms with Gasteiger partial charge in [-0.15, -0.1) is 0 Å². The molecule has 2 amide bonds. The van der Waals surface area contributed by atoms with Gasteiger partial charge in [0.1, 0.15) is 5.75 Å². The SMILES string of the molecule is C[C@@H](O)CN1CC2(CCC1=O)CCN(C(=O)c1ccc(O)cc1)CC2. The fourth-order valence-electron chi connectivity index (χ4n) is 3.97. The second-order valence-electron chi connectivity index (χ2n) is 7.46. The summed E-state index contributed by atoms with van der Waals surface area (Å²) in [6.45, 7) is 4.12. The number of phenolic OH excluding ortho intramolecular Hbond substituents is 1. The van der Waals surface area contributed by atoms with Gasteiger partial charge in [-0.25, -0.2) is 0 Å². The number of carbonyl (C=O) groups is 2. The Morgan fingerprint density at radius 3 is 2.44 bits per heavy atom. The number of hydrogen-bond donors (Lipinski definition) is 2. The van der Waals surface area contributed by atoms with Gasteiger partial charge in [-0.3, -0.25) is 9.59 Å². The van der Waals surface area contributed by atoms with Crippen molar-refractivity contribution >= 4 is 11.8 Å². The van der Waals surface area contributed by atoms with Crippen LogP contribution < -0.4 is 0 Å². The number of phenols is 1. The van der Waals surface area contributed by atoms with E-state index in [1.165, 1.54) is 12.1 Å². The molecule has 0 bridgehead atoms. The molecule has 2 heterocycles. The Labute approximate surface area is 148 Å². The topological polar surface area (TPSA) is 81.1 Å². The van der Waals surface area contributed by atoms with Crippen LogP contribution in [0.25, 0.3) is 0 Å². The van der Waals surface area contributed by atoms with E-state index in [4.69, 9.17) is 0 Å². The van der Waals surface area contributed by atoms with E-state index in [1.807, 2.05) is 4.90 Å². The van der Waals surface area contributed by atoms with Crippen LogP contribution in [-0.2, 0) is 4.79 Å². The zero-order valence-electron chi connectivity index (χ0n) is 14.6. The van der Waals surface area contributed by atoms with Gasteiger partial charge in [-0.05, 0) is 55.9 Å². The van der Waals surface area contributed by atoms with Gasteiger partial charge in [-0.2, -0.15) is 0 Å². The minimum atomic E-state index is -0.518. The molecule has 2 saturated heterocycles. The maximum atomic E-state index is 12.6. The lowest BCUT2D eigenvalue weighted by atomic mass is 9.72.